The summed E-state index contributed by atoms with van der Waals surface area (Å²) in [7, 11) is 0. The first-order chi connectivity index (χ1) is 9.83. The van der Waals surface area contributed by atoms with Gasteiger partial charge in [0.1, 0.15) is 0 Å². The highest BCUT2D eigenvalue weighted by atomic mass is 32.2. The highest BCUT2D eigenvalue weighted by Crippen LogP contribution is 2.24. The Morgan fingerprint density at radius 2 is 2.10 bits per heavy atom. The molecule has 110 valence electrons. The van der Waals surface area contributed by atoms with Gasteiger partial charge in [-0.3, -0.25) is 0 Å². The average Bonchev–Trinajstić information content (AvgIpc) is 2.89. The van der Waals surface area contributed by atoms with Gasteiger partial charge in [0, 0.05) is 16.9 Å². The fourth-order valence-corrected chi connectivity index (χ4v) is 3.36. The fraction of sp³-hybridized carbons (Fsp3) is 0.529. The minimum atomic E-state index is 0.693. The Morgan fingerprint density at radius 1 is 1.25 bits per heavy atom. The van der Waals surface area contributed by atoms with Crippen LogP contribution in [-0.2, 0) is 0 Å². The van der Waals surface area contributed by atoms with Gasteiger partial charge < -0.3 is 10.3 Å². The molecule has 0 fully saturated rings. The van der Waals surface area contributed by atoms with E-state index >= 15 is 0 Å². The first-order valence-electron chi connectivity index (χ1n) is 7.77. The largest absolute Gasteiger partial charge is 0.350 e. The maximum absolute atomic E-state index is 3.62. The summed E-state index contributed by atoms with van der Waals surface area (Å²) in [6.45, 7) is 5.65. The number of para-hydroxylation sites is 1. The lowest BCUT2D eigenvalue weighted by Gasteiger charge is -2.15. The summed E-state index contributed by atoms with van der Waals surface area (Å²) in [4.78, 5) is 3.48. The zero-order valence-electron chi connectivity index (χ0n) is 12.6. The van der Waals surface area contributed by atoms with Gasteiger partial charge in [0.05, 0.1) is 5.03 Å². The van der Waals surface area contributed by atoms with E-state index in [0.29, 0.717) is 6.04 Å². The molecular weight excluding hydrogens is 264 g/mol. The van der Waals surface area contributed by atoms with E-state index in [-0.39, 0.29) is 0 Å². The van der Waals surface area contributed by atoms with E-state index in [4.69, 9.17) is 0 Å². The standard InChI is InChI=1S/C17H26N2S/c1-3-11-18-15(4-2)9-7-12-20-17-13-14-8-5-6-10-16(14)19-17/h5-6,8,10,13,15,18-19H,3-4,7,9,11-12H2,1-2H3. The predicted molar refractivity (Wildman–Crippen MR) is 90.6 cm³/mol. The van der Waals surface area contributed by atoms with Crippen molar-refractivity contribution in [1.82, 2.24) is 10.3 Å². The number of aromatic amines is 1. The summed E-state index contributed by atoms with van der Waals surface area (Å²) in [5, 5.41) is 6.23. The van der Waals surface area contributed by atoms with E-state index in [9.17, 15) is 0 Å². The number of hydrogen-bond donors (Lipinski definition) is 2. The SMILES string of the molecule is CCCNC(CC)CCCSc1cc2ccccc2[nH]1. The van der Waals surface area contributed by atoms with Crippen molar-refractivity contribution in [1.29, 1.82) is 0 Å². The topological polar surface area (TPSA) is 27.8 Å². The Hall–Kier alpha value is -0.930. The monoisotopic (exact) mass is 290 g/mol. The van der Waals surface area contributed by atoms with Gasteiger partial charge in [0.25, 0.3) is 0 Å². The van der Waals surface area contributed by atoms with Crippen LogP contribution in [0.1, 0.15) is 39.5 Å². The molecule has 0 saturated heterocycles. The number of benzene rings is 1. The van der Waals surface area contributed by atoms with Gasteiger partial charge >= 0.3 is 0 Å². The Bertz CT molecular complexity index is 473. The second-order valence-corrected chi connectivity index (χ2v) is 6.41. The molecule has 1 aromatic carbocycles. The van der Waals surface area contributed by atoms with Crippen LogP contribution in [0.3, 0.4) is 0 Å². The Labute approximate surface area is 126 Å². The molecule has 2 aromatic rings. The van der Waals surface area contributed by atoms with Crippen molar-refractivity contribution >= 4 is 22.7 Å². The molecule has 0 aliphatic carbocycles. The van der Waals surface area contributed by atoms with Gasteiger partial charge in [-0.25, -0.2) is 0 Å². The number of H-pyrrole nitrogens is 1. The first-order valence-corrected chi connectivity index (χ1v) is 8.76. The van der Waals surface area contributed by atoms with Crippen LogP contribution in [0.25, 0.3) is 10.9 Å². The third-order valence-corrected chi connectivity index (χ3v) is 4.66. The van der Waals surface area contributed by atoms with Gasteiger partial charge in [-0.15, -0.1) is 11.8 Å². The van der Waals surface area contributed by atoms with Crippen LogP contribution >= 0.6 is 11.8 Å². The van der Waals surface area contributed by atoms with Gasteiger partial charge in [-0.05, 0) is 50.1 Å². The second kappa shape index (κ2) is 8.38. The molecule has 2 nitrogen and oxygen atoms in total. The Kier molecular flexibility index (Phi) is 6.48. The van der Waals surface area contributed by atoms with Crippen LogP contribution in [0.2, 0.25) is 0 Å². The van der Waals surface area contributed by atoms with Gasteiger partial charge in [0.15, 0.2) is 0 Å². The average molecular weight is 290 g/mol. The molecule has 1 heterocycles. The molecule has 0 aliphatic rings. The fourth-order valence-electron chi connectivity index (χ4n) is 2.44. The quantitative estimate of drug-likeness (QED) is 0.512. The van der Waals surface area contributed by atoms with E-state index < -0.39 is 0 Å². The minimum absolute atomic E-state index is 0.693. The van der Waals surface area contributed by atoms with E-state index in [1.165, 1.54) is 47.4 Å². The van der Waals surface area contributed by atoms with Crippen LogP contribution in [-0.4, -0.2) is 23.3 Å². The minimum Gasteiger partial charge on any atom is -0.350 e. The molecule has 0 bridgehead atoms. The zero-order valence-corrected chi connectivity index (χ0v) is 13.4. The Balaban J connectivity index is 1.72. The third kappa shape index (κ3) is 4.57. The van der Waals surface area contributed by atoms with Crippen molar-refractivity contribution in [2.75, 3.05) is 12.3 Å². The van der Waals surface area contributed by atoms with Crippen LogP contribution in [0, 0.1) is 0 Å². The number of nitrogens with one attached hydrogen (secondary N) is 2. The van der Waals surface area contributed by atoms with Crippen LogP contribution < -0.4 is 5.32 Å². The maximum atomic E-state index is 3.62. The maximum Gasteiger partial charge on any atom is 0.0732 e. The van der Waals surface area contributed by atoms with Gasteiger partial charge in [0.2, 0.25) is 0 Å². The molecular formula is C17H26N2S. The molecule has 0 aliphatic heterocycles. The van der Waals surface area contributed by atoms with Crippen LogP contribution in [0.5, 0.6) is 0 Å². The summed E-state index contributed by atoms with van der Waals surface area (Å²) < 4.78 is 0. The molecule has 1 atom stereocenters. The summed E-state index contributed by atoms with van der Waals surface area (Å²) >= 11 is 1.94. The van der Waals surface area contributed by atoms with Crippen molar-refractivity contribution in [3.8, 4) is 0 Å². The van der Waals surface area contributed by atoms with Crippen molar-refractivity contribution in [2.45, 2.75) is 50.6 Å². The zero-order chi connectivity index (χ0) is 14.2. The molecule has 0 spiro atoms. The highest BCUT2D eigenvalue weighted by Gasteiger charge is 2.05. The van der Waals surface area contributed by atoms with E-state index in [1.807, 2.05) is 11.8 Å². The molecule has 0 saturated carbocycles. The number of aromatic nitrogens is 1. The van der Waals surface area contributed by atoms with E-state index in [0.717, 1.165) is 6.54 Å². The third-order valence-electron chi connectivity index (χ3n) is 3.64. The molecule has 2 rings (SSSR count). The number of hydrogen-bond acceptors (Lipinski definition) is 2. The lowest BCUT2D eigenvalue weighted by Crippen LogP contribution is -2.29. The van der Waals surface area contributed by atoms with Crippen molar-refractivity contribution in [2.24, 2.45) is 0 Å². The molecule has 0 amide bonds. The molecule has 2 N–H and O–H groups in total. The van der Waals surface area contributed by atoms with E-state index in [1.54, 1.807) is 0 Å². The normalized spacial score (nSPS) is 12.9. The summed E-state index contributed by atoms with van der Waals surface area (Å²) in [6, 6.07) is 11.4. The molecule has 1 aromatic heterocycles. The van der Waals surface area contributed by atoms with Crippen molar-refractivity contribution in [3.05, 3.63) is 30.3 Å². The van der Waals surface area contributed by atoms with Gasteiger partial charge in [-0.2, -0.15) is 0 Å². The van der Waals surface area contributed by atoms with Crippen molar-refractivity contribution in [3.63, 3.8) is 0 Å². The van der Waals surface area contributed by atoms with Crippen LogP contribution in [0.15, 0.2) is 35.4 Å². The second-order valence-electron chi connectivity index (χ2n) is 5.27. The molecule has 1 unspecified atom stereocenters. The predicted octanol–water partition coefficient (Wildman–Crippen LogP) is 4.82. The highest BCUT2D eigenvalue weighted by molar-refractivity contribution is 7.99. The lowest BCUT2D eigenvalue weighted by molar-refractivity contribution is 0.465. The van der Waals surface area contributed by atoms with Crippen LogP contribution in [0.4, 0.5) is 0 Å². The lowest BCUT2D eigenvalue weighted by atomic mass is 10.1. The molecule has 3 heteroatoms. The van der Waals surface area contributed by atoms with E-state index in [2.05, 4.69) is 54.5 Å². The number of rotatable bonds is 9. The first kappa shape index (κ1) is 15.5. The molecule has 0 radical (unpaired) electrons. The summed E-state index contributed by atoms with van der Waals surface area (Å²) in [5.41, 5.74) is 1.24. The number of fused-ring (bicyclic) bond motifs is 1. The van der Waals surface area contributed by atoms with Gasteiger partial charge in [-0.1, -0.05) is 32.0 Å². The van der Waals surface area contributed by atoms with Crippen molar-refractivity contribution < 1.29 is 0 Å². The summed E-state index contributed by atoms with van der Waals surface area (Å²) in [5.74, 6) is 1.19. The summed E-state index contributed by atoms with van der Waals surface area (Å²) in [6.07, 6.45) is 5.01. The smallest absolute Gasteiger partial charge is 0.0732 e. The number of thioether (sulfide) groups is 1. The Morgan fingerprint density at radius 3 is 2.85 bits per heavy atom. The molecule has 20 heavy (non-hydrogen) atoms.